The summed E-state index contributed by atoms with van der Waals surface area (Å²) in [5.74, 6) is 0.445. The van der Waals surface area contributed by atoms with Gasteiger partial charge in [0.2, 0.25) is 5.91 Å². The van der Waals surface area contributed by atoms with Crippen LogP contribution in [0.5, 0.6) is 0 Å². The van der Waals surface area contributed by atoms with Gasteiger partial charge in [0.25, 0.3) is 0 Å². The summed E-state index contributed by atoms with van der Waals surface area (Å²) in [6, 6.07) is 4.31. The standard InChI is InChI=1S/C19H23N5OS/c1-12-15(11-22-24(12)3)19-14(7-18(25)23(19)2)10-20-8-13-6-17-16(21-9-13)4-5-26-17/h4-6,9,11,14,19-20H,7-8,10H2,1-3H3/t14-,19+/m0/s1. The van der Waals surface area contributed by atoms with Gasteiger partial charge in [-0.1, -0.05) is 0 Å². The predicted molar refractivity (Wildman–Crippen MR) is 103 cm³/mol. The number of amides is 1. The normalized spacial score (nSPS) is 20.4. The molecule has 4 heterocycles. The Labute approximate surface area is 156 Å². The second-order valence-corrected chi connectivity index (χ2v) is 7.95. The first-order chi connectivity index (χ1) is 12.5. The Bertz CT molecular complexity index is 946. The van der Waals surface area contributed by atoms with E-state index < -0.39 is 0 Å². The molecule has 0 saturated carbocycles. The topological polar surface area (TPSA) is 63.1 Å². The highest BCUT2D eigenvalue weighted by Gasteiger charge is 2.39. The smallest absolute Gasteiger partial charge is 0.223 e. The van der Waals surface area contributed by atoms with Gasteiger partial charge in [-0.05, 0) is 30.0 Å². The number of hydrogen-bond donors (Lipinski definition) is 1. The Kier molecular flexibility index (Phi) is 4.50. The van der Waals surface area contributed by atoms with Crippen molar-refractivity contribution in [3.63, 3.8) is 0 Å². The van der Waals surface area contributed by atoms with Crippen LogP contribution in [0, 0.1) is 12.8 Å². The van der Waals surface area contributed by atoms with Crippen molar-refractivity contribution in [2.75, 3.05) is 13.6 Å². The van der Waals surface area contributed by atoms with E-state index in [1.54, 1.807) is 11.3 Å². The highest BCUT2D eigenvalue weighted by Crippen LogP contribution is 2.37. The number of fused-ring (bicyclic) bond motifs is 1. The summed E-state index contributed by atoms with van der Waals surface area (Å²) in [6.07, 6.45) is 4.40. The van der Waals surface area contributed by atoms with Crippen molar-refractivity contribution in [2.45, 2.75) is 25.9 Å². The zero-order valence-corrected chi connectivity index (χ0v) is 16.1. The van der Waals surface area contributed by atoms with E-state index in [1.807, 2.05) is 42.1 Å². The minimum Gasteiger partial charge on any atom is -0.338 e. The van der Waals surface area contributed by atoms with Crippen molar-refractivity contribution in [3.05, 3.63) is 46.7 Å². The van der Waals surface area contributed by atoms with Gasteiger partial charge in [0, 0.05) is 57.0 Å². The molecule has 0 bridgehead atoms. The molecule has 0 radical (unpaired) electrons. The lowest BCUT2D eigenvalue weighted by Crippen LogP contribution is -2.29. The lowest BCUT2D eigenvalue weighted by atomic mass is 9.94. The SMILES string of the molecule is Cc1c([C@H]2[C@H](CNCc3cnc4ccsc4c3)CC(=O)N2C)cnn1C. The fraction of sp³-hybridized carbons (Fsp3) is 0.421. The van der Waals surface area contributed by atoms with Crippen molar-refractivity contribution in [1.82, 2.24) is 25.0 Å². The molecular formula is C19H23N5OS. The third kappa shape index (κ3) is 3.01. The molecule has 3 aromatic heterocycles. The number of nitrogens with one attached hydrogen (secondary N) is 1. The first-order valence-corrected chi connectivity index (χ1v) is 9.69. The Morgan fingerprint density at radius 2 is 2.19 bits per heavy atom. The predicted octanol–water partition coefficient (Wildman–Crippen LogP) is 2.65. The molecule has 136 valence electrons. The number of aromatic nitrogens is 3. The largest absolute Gasteiger partial charge is 0.338 e. The van der Waals surface area contributed by atoms with Crippen LogP contribution < -0.4 is 5.32 Å². The Balaban J connectivity index is 1.45. The summed E-state index contributed by atoms with van der Waals surface area (Å²) in [7, 11) is 3.84. The van der Waals surface area contributed by atoms with Crippen LogP contribution in [0.25, 0.3) is 10.2 Å². The summed E-state index contributed by atoms with van der Waals surface area (Å²) in [6.45, 7) is 3.61. The number of carbonyl (C=O) groups is 1. The average Bonchev–Trinajstić information content (AvgIpc) is 3.29. The Morgan fingerprint density at radius 1 is 1.35 bits per heavy atom. The van der Waals surface area contributed by atoms with Gasteiger partial charge in [0.15, 0.2) is 0 Å². The third-order valence-corrected chi connectivity index (χ3v) is 6.23. The fourth-order valence-corrected chi connectivity index (χ4v) is 4.59. The summed E-state index contributed by atoms with van der Waals surface area (Å²) < 4.78 is 3.09. The second-order valence-electron chi connectivity index (χ2n) is 7.00. The number of nitrogens with zero attached hydrogens (tertiary/aromatic N) is 4. The van der Waals surface area contributed by atoms with Crippen LogP contribution >= 0.6 is 11.3 Å². The van der Waals surface area contributed by atoms with Crippen LogP contribution in [0.4, 0.5) is 0 Å². The highest BCUT2D eigenvalue weighted by atomic mass is 32.1. The number of rotatable bonds is 5. The summed E-state index contributed by atoms with van der Waals surface area (Å²) >= 11 is 1.71. The van der Waals surface area contributed by atoms with Crippen molar-refractivity contribution < 1.29 is 4.79 Å². The van der Waals surface area contributed by atoms with Crippen LogP contribution in [-0.2, 0) is 18.4 Å². The molecule has 1 N–H and O–H groups in total. The van der Waals surface area contributed by atoms with Gasteiger partial charge in [-0.15, -0.1) is 11.3 Å². The van der Waals surface area contributed by atoms with Crippen molar-refractivity contribution in [3.8, 4) is 0 Å². The highest BCUT2D eigenvalue weighted by molar-refractivity contribution is 7.17. The zero-order valence-electron chi connectivity index (χ0n) is 15.3. The van der Waals surface area contributed by atoms with Crippen molar-refractivity contribution in [2.24, 2.45) is 13.0 Å². The van der Waals surface area contributed by atoms with Crippen LogP contribution in [0.2, 0.25) is 0 Å². The van der Waals surface area contributed by atoms with Gasteiger partial charge in [0.1, 0.15) is 0 Å². The lowest BCUT2D eigenvalue weighted by Gasteiger charge is -2.25. The van der Waals surface area contributed by atoms with Gasteiger partial charge >= 0.3 is 0 Å². The van der Waals surface area contributed by atoms with Crippen LogP contribution in [0.1, 0.15) is 29.3 Å². The molecule has 1 aliphatic heterocycles. The fourth-order valence-electron chi connectivity index (χ4n) is 3.79. The quantitative estimate of drug-likeness (QED) is 0.751. The van der Waals surface area contributed by atoms with E-state index in [9.17, 15) is 4.79 Å². The molecule has 1 fully saturated rings. The van der Waals surface area contributed by atoms with E-state index in [2.05, 4.69) is 33.8 Å². The van der Waals surface area contributed by atoms with Crippen molar-refractivity contribution >= 4 is 27.5 Å². The molecule has 1 aliphatic rings. The second kappa shape index (κ2) is 6.81. The van der Waals surface area contributed by atoms with Gasteiger partial charge in [-0.25, -0.2) is 0 Å². The lowest BCUT2D eigenvalue weighted by molar-refractivity contribution is -0.127. The number of thiophene rings is 1. The number of pyridine rings is 1. The first-order valence-electron chi connectivity index (χ1n) is 8.81. The van der Waals surface area contributed by atoms with Crippen molar-refractivity contribution in [1.29, 1.82) is 0 Å². The van der Waals surface area contributed by atoms with E-state index >= 15 is 0 Å². The molecule has 1 saturated heterocycles. The Morgan fingerprint density at radius 3 is 2.96 bits per heavy atom. The number of likely N-dealkylation sites (tertiary alicyclic amines) is 1. The van der Waals surface area contributed by atoms with E-state index in [0.717, 1.165) is 29.9 Å². The van der Waals surface area contributed by atoms with Crippen LogP contribution in [0.15, 0.2) is 29.9 Å². The van der Waals surface area contributed by atoms with E-state index in [0.29, 0.717) is 6.42 Å². The molecule has 6 nitrogen and oxygen atoms in total. The maximum Gasteiger partial charge on any atom is 0.223 e. The van der Waals surface area contributed by atoms with Crippen LogP contribution in [-0.4, -0.2) is 39.2 Å². The molecule has 0 spiro atoms. The molecule has 1 amide bonds. The molecule has 0 aliphatic carbocycles. The van der Waals surface area contributed by atoms with Gasteiger partial charge in [-0.2, -0.15) is 5.10 Å². The maximum absolute atomic E-state index is 12.3. The number of aryl methyl sites for hydroxylation is 1. The number of hydrogen-bond acceptors (Lipinski definition) is 5. The monoisotopic (exact) mass is 369 g/mol. The minimum absolute atomic E-state index is 0.0848. The minimum atomic E-state index is 0.0848. The summed E-state index contributed by atoms with van der Waals surface area (Å²) in [5.41, 5.74) is 4.49. The molecule has 7 heteroatoms. The zero-order chi connectivity index (χ0) is 18.3. The van der Waals surface area contributed by atoms with Gasteiger partial charge < -0.3 is 10.2 Å². The molecule has 26 heavy (non-hydrogen) atoms. The van der Waals surface area contributed by atoms with E-state index in [-0.39, 0.29) is 17.9 Å². The third-order valence-electron chi connectivity index (χ3n) is 5.38. The summed E-state index contributed by atoms with van der Waals surface area (Å²) in [5, 5.41) is 9.95. The molecular weight excluding hydrogens is 346 g/mol. The molecule has 4 rings (SSSR count). The van der Waals surface area contributed by atoms with E-state index in [1.165, 1.54) is 10.3 Å². The molecule has 0 aromatic carbocycles. The van der Waals surface area contributed by atoms with Crippen LogP contribution in [0.3, 0.4) is 0 Å². The number of carbonyl (C=O) groups excluding carboxylic acids is 1. The Hall–Kier alpha value is -2.25. The van der Waals surface area contributed by atoms with Gasteiger partial charge in [-0.3, -0.25) is 14.5 Å². The van der Waals surface area contributed by atoms with E-state index in [4.69, 9.17) is 0 Å². The summed E-state index contributed by atoms with van der Waals surface area (Å²) in [4.78, 5) is 18.7. The average molecular weight is 369 g/mol. The first kappa shape index (κ1) is 17.2. The van der Waals surface area contributed by atoms with Gasteiger partial charge in [0.05, 0.1) is 22.5 Å². The molecule has 3 aromatic rings. The molecule has 2 atom stereocenters. The maximum atomic E-state index is 12.3. The molecule has 0 unspecified atom stereocenters.